The fourth-order valence-electron chi connectivity index (χ4n) is 2.88. The lowest BCUT2D eigenvalue weighted by molar-refractivity contribution is 0.0320. The lowest BCUT2D eigenvalue weighted by Gasteiger charge is -2.32. The zero-order valence-electron chi connectivity index (χ0n) is 11.8. The lowest BCUT2D eigenvalue weighted by atomic mass is 9.88. The average molecular weight is 263 g/mol. The van der Waals surface area contributed by atoms with Crippen molar-refractivity contribution in [2.45, 2.75) is 43.7 Å². The molecule has 0 saturated heterocycles. The Kier molecular flexibility index (Phi) is 5.37. The highest BCUT2D eigenvalue weighted by Crippen LogP contribution is 2.26. The van der Waals surface area contributed by atoms with Crippen LogP contribution >= 0.6 is 0 Å². The molecule has 106 valence electrons. The van der Waals surface area contributed by atoms with Crippen LogP contribution in [0.5, 0.6) is 0 Å². The van der Waals surface area contributed by atoms with Gasteiger partial charge in [0, 0.05) is 6.61 Å². The van der Waals surface area contributed by atoms with Gasteiger partial charge in [0.25, 0.3) is 0 Å². The molecule has 2 N–H and O–H groups in total. The van der Waals surface area contributed by atoms with Gasteiger partial charge in [-0.1, -0.05) is 43.2 Å². The smallest absolute Gasteiger partial charge is 0.0688 e. The molecule has 0 aliphatic heterocycles. The molecule has 1 aromatic carbocycles. The SMILES string of the molecule is CNC(CO)(CCOC1CCCC1)c1ccccc1. The molecule has 0 amide bonds. The molecule has 1 saturated carbocycles. The number of rotatable bonds is 7. The molecule has 3 nitrogen and oxygen atoms in total. The van der Waals surface area contributed by atoms with Crippen LogP contribution < -0.4 is 5.32 Å². The Morgan fingerprint density at radius 2 is 1.95 bits per heavy atom. The molecule has 0 bridgehead atoms. The van der Waals surface area contributed by atoms with E-state index in [2.05, 4.69) is 17.4 Å². The summed E-state index contributed by atoms with van der Waals surface area (Å²) in [7, 11) is 1.90. The monoisotopic (exact) mass is 263 g/mol. The van der Waals surface area contributed by atoms with E-state index in [9.17, 15) is 5.11 Å². The molecule has 3 heteroatoms. The Bertz CT molecular complexity index is 356. The van der Waals surface area contributed by atoms with Crippen molar-refractivity contribution in [2.75, 3.05) is 20.3 Å². The second kappa shape index (κ2) is 7.04. The van der Waals surface area contributed by atoms with Gasteiger partial charge in [-0.05, 0) is 31.9 Å². The van der Waals surface area contributed by atoms with Gasteiger partial charge in [0.2, 0.25) is 0 Å². The number of aliphatic hydroxyl groups excluding tert-OH is 1. The van der Waals surface area contributed by atoms with E-state index < -0.39 is 0 Å². The highest BCUT2D eigenvalue weighted by Gasteiger charge is 2.29. The summed E-state index contributed by atoms with van der Waals surface area (Å²) in [4.78, 5) is 0. The molecule has 0 heterocycles. The number of benzene rings is 1. The molecule has 0 spiro atoms. The highest BCUT2D eigenvalue weighted by molar-refractivity contribution is 5.24. The van der Waals surface area contributed by atoms with Gasteiger partial charge in [0.05, 0.1) is 18.2 Å². The summed E-state index contributed by atoms with van der Waals surface area (Å²) >= 11 is 0. The van der Waals surface area contributed by atoms with Crippen molar-refractivity contribution in [3.63, 3.8) is 0 Å². The van der Waals surface area contributed by atoms with E-state index in [0.29, 0.717) is 12.7 Å². The third kappa shape index (κ3) is 3.56. The largest absolute Gasteiger partial charge is 0.394 e. The first-order valence-corrected chi connectivity index (χ1v) is 7.27. The molecule has 1 aromatic rings. The first-order chi connectivity index (χ1) is 9.30. The topological polar surface area (TPSA) is 41.5 Å². The van der Waals surface area contributed by atoms with Gasteiger partial charge >= 0.3 is 0 Å². The molecule has 1 fully saturated rings. The van der Waals surface area contributed by atoms with Gasteiger partial charge < -0.3 is 15.2 Å². The predicted octanol–water partition coefficient (Wildman–Crippen LogP) is 2.44. The molecular formula is C16H25NO2. The molecule has 0 radical (unpaired) electrons. The minimum Gasteiger partial charge on any atom is -0.394 e. The van der Waals surface area contributed by atoms with Gasteiger partial charge in [-0.15, -0.1) is 0 Å². The van der Waals surface area contributed by atoms with Crippen LogP contribution in [0.25, 0.3) is 0 Å². The maximum atomic E-state index is 9.80. The first-order valence-electron chi connectivity index (χ1n) is 7.27. The van der Waals surface area contributed by atoms with E-state index in [0.717, 1.165) is 12.0 Å². The van der Waals surface area contributed by atoms with E-state index in [1.165, 1.54) is 25.7 Å². The second-order valence-electron chi connectivity index (χ2n) is 5.38. The normalized spacial score (nSPS) is 19.5. The summed E-state index contributed by atoms with van der Waals surface area (Å²) in [6.45, 7) is 0.780. The van der Waals surface area contributed by atoms with Crippen molar-refractivity contribution in [1.82, 2.24) is 5.32 Å². The third-order valence-electron chi connectivity index (χ3n) is 4.26. The van der Waals surface area contributed by atoms with Gasteiger partial charge in [-0.3, -0.25) is 0 Å². The highest BCUT2D eigenvalue weighted by atomic mass is 16.5. The van der Waals surface area contributed by atoms with Crippen molar-refractivity contribution < 1.29 is 9.84 Å². The Morgan fingerprint density at radius 1 is 1.26 bits per heavy atom. The van der Waals surface area contributed by atoms with E-state index in [-0.39, 0.29) is 12.1 Å². The maximum Gasteiger partial charge on any atom is 0.0688 e. The Morgan fingerprint density at radius 3 is 2.53 bits per heavy atom. The molecule has 0 aromatic heterocycles. The molecular weight excluding hydrogens is 238 g/mol. The lowest BCUT2D eigenvalue weighted by Crippen LogP contribution is -2.44. The quantitative estimate of drug-likeness (QED) is 0.794. The first kappa shape index (κ1) is 14.5. The second-order valence-corrected chi connectivity index (χ2v) is 5.38. The van der Waals surface area contributed by atoms with Gasteiger partial charge in [0.15, 0.2) is 0 Å². The number of likely N-dealkylation sites (N-methyl/N-ethyl adjacent to an activating group) is 1. The third-order valence-corrected chi connectivity index (χ3v) is 4.26. The van der Waals surface area contributed by atoms with Crippen LogP contribution in [0.3, 0.4) is 0 Å². The van der Waals surface area contributed by atoms with Crippen LogP contribution in [0.4, 0.5) is 0 Å². The van der Waals surface area contributed by atoms with E-state index in [1.54, 1.807) is 0 Å². The molecule has 1 atom stereocenters. The molecule has 1 aliphatic rings. The fraction of sp³-hybridized carbons (Fsp3) is 0.625. The molecule has 1 aliphatic carbocycles. The van der Waals surface area contributed by atoms with E-state index >= 15 is 0 Å². The Hall–Kier alpha value is -0.900. The molecule has 19 heavy (non-hydrogen) atoms. The van der Waals surface area contributed by atoms with Crippen LogP contribution in [0.15, 0.2) is 30.3 Å². The number of ether oxygens (including phenoxy) is 1. The summed E-state index contributed by atoms with van der Waals surface area (Å²) in [6, 6.07) is 10.1. The van der Waals surface area contributed by atoms with E-state index in [4.69, 9.17) is 4.74 Å². The van der Waals surface area contributed by atoms with Crippen LogP contribution in [0, 0.1) is 0 Å². The van der Waals surface area contributed by atoms with Crippen LogP contribution in [0.1, 0.15) is 37.7 Å². The maximum absolute atomic E-state index is 9.80. The van der Waals surface area contributed by atoms with Crippen LogP contribution in [-0.4, -0.2) is 31.5 Å². The van der Waals surface area contributed by atoms with Gasteiger partial charge in [-0.25, -0.2) is 0 Å². The number of hydrogen-bond donors (Lipinski definition) is 2. The molecule has 2 rings (SSSR count). The van der Waals surface area contributed by atoms with Crippen molar-refractivity contribution in [3.05, 3.63) is 35.9 Å². The number of aliphatic hydroxyl groups is 1. The fourth-order valence-corrected chi connectivity index (χ4v) is 2.88. The standard InChI is InChI=1S/C16H25NO2/c1-17-16(13-18,14-7-3-2-4-8-14)11-12-19-15-9-5-6-10-15/h2-4,7-8,15,17-18H,5-6,9-13H2,1H3. The van der Waals surface area contributed by atoms with Gasteiger partial charge in [0.1, 0.15) is 0 Å². The zero-order chi connectivity index (χ0) is 13.6. The zero-order valence-corrected chi connectivity index (χ0v) is 11.8. The minimum atomic E-state index is -0.389. The van der Waals surface area contributed by atoms with Gasteiger partial charge in [-0.2, -0.15) is 0 Å². The predicted molar refractivity (Wildman–Crippen MR) is 77.1 cm³/mol. The Labute approximate surface area is 116 Å². The number of hydrogen-bond acceptors (Lipinski definition) is 3. The number of nitrogens with one attached hydrogen (secondary N) is 1. The van der Waals surface area contributed by atoms with Crippen LogP contribution in [0.2, 0.25) is 0 Å². The van der Waals surface area contributed by atoms with Crippen molar-refractivity contribution in [3.8, 4) is 0 Å². The summed E-state index contributed by atoms with van der Waals surface area (Å²) in [5.41, 5.74) is 0.731. The van der Waals surface area contributed by atoms with Crippen LogP contribution in [-0.2, 0) is 10.3 Å². The molecule has 1 unspecified atom stereocenters. The van der Waals surface area contributed by atoms with Crippen molar-refractivity contribution in [1.29, 1.82) is 0 Å². The summed E-state index contributed by atoms with van der Waals surface area (Å²) in [5, 5.41) is 13.1. The van der Waals surface area contributed by atoms with Crippen molar-refractivity contribution in [2.24, 2.45) is 0 Å². The van der Waals surface area contributed by atoms with Crippen molar-refractivity contribution >= 4 is 0 Å². The average Bonchev–Trinajstić information content (AvgIpc) is 2.98. The summed E-state index contributed by atoms with van der Waals surface area (Å²) in [5.74, 6) is 0. The summed E-state index contributed by atoms with van der Waals surface area (Å²) in [6.07, 6.45) is 6.19. The summed E-state index contributed by atoms with van der Waals surface area (Å²) < 4.78 is 5.93. The minimum absolute atomic E-state index is 0.0849. The van der Waals surface area contributed by atoms with E-state index in [1.807, 2.05) is 25.2 Å². The Balaban J connectivity index is 1.95.